The van der Waals surface area contributed by atoms with E-state index in [1.807, 2.05) is 24.3 Å². The molecule has 7 rings (SSSR count). The minimum atomic E-state index is -1.00. The van der Waals surface area contributed by atoms with Gasteiger partial charge in [-0.05, 0) is 79.8 Å². The van der Waals surface area contributed by atoms with E-state index in [9.17, 15) is 29.2 Å². The Labute approximate surface area is 330 Å². The summed E-state index contributed by atoms with van der Waals surface area (Å²) in [6, 6.07) is 18.5. The van der Waals surface area contributed by atoms with Crippen molar-refractivity contribution in [3.8, 4) is 17.6 Å². The fourth-order valence-corrected chi connectivity index (χ4v) is 9.04. The Bertz CT molecular complexity index is 2110. The van der Waals surface area contributed by atoms with Gasteiger partial charge in [0, 0.05) is 59.7 Å². The molecule has 2 heterocycles. The zero-order valence-corrected chi connectivity index (χ0v) is 32.5. The van der Waals surface area contributed by atoms with Crippen molar-refractivity contribution < 1.29 is 33.4 Å². The van der Waals surface area contributed by atoms with Gasteiger partial charge in [-0.15, -0.1) is 0 Å². The van der Waals surface area contributed by atoms with Crippen LogP contribution in [-0.4, -0.2) is 78.4 Å². The highest BCUT2D eigenvalue weighted by Crippen LogP contribution is 2.55. The molecule has 2 aliphatic carbocycles. The van der Waals surface area contributed by atoms with Crippen molar-refractivity contribution in [1.29, 1.82) is 5.26 Å². The van der Waals surface area contributed by atoms with Gasteiger partial charge in [-0.1, -0.05) is 39.3 Å². The number of hydrogen-bond acceptors (Lipinski definition) is 10. The first kappa shape index (κ1) is 38.8. The molecular formula is C42H45ClN6O7. The lowest BCUT2D eigenvalue weighted by Crippen LogP contribution is -2.74. The Balaban J connectivity index is 0.805. The molecule has 5 amide bonds. The molecule has 1 saturated heterocycles. The molecule has 2 saturated carbocycles. The van der Waals surface area contributed by atoms with Gasteiger partial charge < -0.3 is 25.4 Å². The van der Waals surface area contributed by atoms with E-state index in [0.29, 0.717) is 52.8 Å². The van der Waals surface area contributed by atoms with Crippen LogP contribution < -0.4 is 30.7 Å². The molecule has 0 bridgehead atoms. The lowest BCUT2D eigenvalue weighted by molar-refractivity contribution is -0.164. The van der Waals surface area contributed by atoms with Crippen LogP contribution in [0.25, 0.3) is 0 Å². The minimum absolute atomic E-state index is 0.0698. The molecular weight excluding hydrogens is 736 g/mol. The van der Waals surface area contributed by atoms with Gasteiger partial charge in [-0.2, -0.15) is 5.26 Å². The third-order valence-electron chi connectivity index (χ3n) is 11.6. The van der Waals surface area contributed by atoms with Crippen LogP contribution in [0, 0.1) is 28.1 Å². The van der Waals surface area contributed by atoms with Gasteiger partial charge in [0.05, 0.1) is 28.3 Å². The number of imide groups is 2. The predicted molar refractivity (Wildman–Crippen MR) is 207 cm³/mol. The molecule has 0 spiro atoms. The van der Waals surface area contributed by atoms with Crippen molar-refractivity contribution >= 4 is 46.8 Å². The van der Waals surface area contributed by atoms with E-state index in [1.165, 1.54) is 0 Å². The van der Waals surface area contributed by atoms with Crippen LogP contribution in [0.1, 0.15) is 90.0 Å². The number of hydrogen-bond donors (Lipinski definition) is 4. The molecule has 0 aromatic heterocycles. The standard InChI is InChI=1S/C42H45ClN6O7/c1-41(2)39(42(3,4)40(41)56-29-10-7-25(21-44)32(43)20-29)48-35(51)24-5-8-26(9-6-24)45-15-16-46-27-17-23(18-27)22-55-28-11-12-30-31(19-28)38(54)49(37(30)53)33-13-14-34(50)47-36(33)52/h5-12,19-20,23,27,33,39-40,45-46H,13-18,22H2,1-4H3,(H,48,51)(H,47,50,52)/t23-,27+,33?,39-,40-. The Morgan fingerprint density at radius 2 is 1.62 bits per heavy atom. The number of nitrogens with zero attached hydrogens (tertiary/aromatic N) is 2. The molecule has 4 N–H and O–H groups in total. The highest BCUT2D eigenvalue weighted by molar-refractivity contribution is 6.31. The topological polar surface area (TPSA) is 179 Å². The highest BCUT2D eigenvalue weighted by atomic mass is 35.5. The summed E-state index contributed by atoms with van der Waals surface area (Å²) in [4.78, 5) is 64.1. The fourth-order valence-electron chi connectivity index (χ4n) is 8.83. The largest absolute Gasteiger partial charge is 0.493 e. The first-order chi connectivity index (χ1) is 26.7. The Morgan fingerprint density at radius 1 is 0.929 bits per heavy atom. The van der Waals surface area contributed by atoms with Gasteiger partial charge >= 0.3 is 0 Å². The van der Waals surface area contributed by atoms with E-state index in [4.69, 9.17) is 21.1 Å². The maximum Gasteiger partial charge on any atom is 0.262 e. The second kappa shape index (κ2) is 15.2. The molecule has 56 heavy (non-hydrogen) atoms. The van der Waals surface area contributed by atoms with Crippen LogP contribution in [0.5, 0.6) is 11.5 Å². The predicted octanol–water partition coefficient (Wildman–Crippen LogP) is 5.08. The van der Waals surface area contributed by atoms with E-state index in [-0.39, 0.29) is 52.9 Å². The molecule has 2 aliphatic heterocycles. The molecule has 14 heteroatoms. The van der Waals surface area contributed by atoms with Crippen LogP contribution >= 0.6 is 11.6 Å². The van der Waals surface area contributed by atoms with E-state index >= 15 is 0 Å². The number of carbonyl (C=O) groups excluding carboxylic acids is 5. The lowest BCUT2D eigenvalue weighted by atomic mass is 9.49. The number of nitriles is 1. The van der Waals surface area contributed by atoms with Crippen LogP contribution in [0.2, 0.25) is 5.02 Å². The third kappa shape index (κ3) is 7.43. The van der Waals surface area contributed by atoms with Crippen LogP contribution in [0.15, 0.2) is 60.7 Å². The number of halogens is 1. The maximum atomic E-state index is 13.3. The first-order valence-electron chi connectivity index (χ1n) is 18.9. The normalized spacial score (nSPS) is 24.6. The molecule has 3 fully saturated rings. The number of carbonyl (C=O) groups is 5. The molecule has 4 aliphatic rings. The van der Waals surface area contributed by atoms with Crippen molar-refractivity contribution in [1.82, 2.24) is 20.9 Å². The van der Waals surface area contributed by atoms with Gasteiger partial charge in [-0.25, -0.2) is 0 Å². The second-order valence-corrected chi connectivity index (χ2v) is 16.7. The van der Waals surface area contributed by atoms with Gasteiger partial charge in [0.25, 0.3) is 17.7 Å². The van der Waals surface area contributed by atoms with Gasteiger partial charge in [-0.3, -0.25) is 34.2 Å². The molecule has 1 unspecified atom stereocenters. The van der Waals surface area contributed by atoms with Gasteiger partial charge in [0.1, 0.15) is 29.7 Å². The van der Waals surface area contributed by atoms with Crippen molar-refractivity contribution in [3.63, 3.8) is 0 Å². The fraction of sp³-hybridized carbons (Fsp3) is 0.429. The molecule has 13 nitrogen and oxygen atoms in total. The monoisotopic (exact) mass is 780 g/mol. The Kier molecular flexibility index (Phi) is 10.6. The van der Waals surface area contributed by atoms with Crippen molar-refractivity contribution in [3.05, 3.63) is 87.9 Å². The van der Waals surface area contributed by atoms with Gasteiger partial charge in [0.2, 0.25) is 11.8 Å². The number of anilines is 1. The Hall–Kier alpha value is -5.45. The number of rotatable bonds is 13. The number of benzene rings is 3. The summed E-state index contributed by atoms with van der Waals surface area (Å²) in [5.74, 6) is -0.876. The molecule has 0 radical (unpaired) electrons. The number of fused-ring (bicyclic) bond motifs is 1. The number of amides is 5. The zero-order valence-electron chi connectivity index (χ0n) is 31.7. The number of piperidine rings is 1. The number of nitrogens with one attached hydrogen (secondary N) is 4. The van der Waals surface area contributed by atoms with Crippen molar-refractivity contribution in [2.24, 2.45) is 16.7 Å². The average Bonchev–Trinajstić information content (AvgIpc) is 3.39. The van der Waals surface area contributed by atoms with Crippen LogP contribution in [0.3, 0.4) is 0 Å². The second-order valence-electron chi connectivity index (χ2n) is 16.3. The minimum Gasteiger partial charge on any atom is -0.493 e. The summed E-state index contributed by atoms with van der Waals surface area (Å²) in [6.45, 7) is 10.2. The highest BCUT2D eigenvalue weighted by Gasteiger charge is 2.64. The first-order valence-corrected chi connectivity index (χ1v) is 19.3. The molecule has 292 valence electrons. The summed E-state index contributed by atoms with van der Waals surface area (Å²) in [6.07, 6.45) is 1.88. The van der Waals surface area contributed by atoms with E-state index in [2.05, 4.69) is 55.0 Å². The smallest absolute Gasteiger partial charge is 0.262 e. The summed E-state index contributed by atoms with van der Waals surface area (Å²) in [7, 11) is 0. The number of ether oxygens (including phenoxy) is 2. The molecule has 3 aromatic rings. The summed E-state index contributed by atoms with van der Waals surface area (Å²) in [5, 5.41) is 21.9. The summed E-state index contributed by atoms with van der Waals surface area (Å²) in [5.41, 5.74) is 1.57. The zero-order chi connectivity index (χ0) is 39.9. The average molecular weight is 781 g/mol. The summed E-state index contributed by atoms with van der Waals surface area (Å²) >= 11 is 6.22. The molecule has 1 atom stereocenters. The summed E-state index contributed by atoms with van der Waals surface area (Å²) < 4.78 is 12.3. The van der Waals surface area contributed by atoms with E-state index in [1.54, 1.807) is 36.4 Å². The lowest BCUT2D eigenvalue weighted by Gasteiger charge is -2.63. The quantitative estimate of drug-likeness (QED) is 0.135. The SMILES string of the molecule is CC1(C)[C@H](NC(=O)c2ccc(NCCN[C@H]3C[C@@H](COc4ccc5c(c4)C(=O)N(C4CCC(=O)NC4=O)C5=O)C3)cc2)C(C)(C)[C@H]1Oc1ccc(C#N)c(Cl)c1. The maximum absolute atomic E-state index is 13.3. The van der Waals surface area contributed by atoms with Crippen molar-refractivity contribution in [2.75, 3.05) is 25.0 Å². The van der Waals surface area contributed by atoms with Crippen LogP contribution in [0.4, 0.5) is 5.69 Å². The van der Waals surface area contributed by atoms with Crippen molar-refractivity contribution in [2.45, 2.75) is 77.6 Å². The van der Waals surface area contributed by atoms with Gasteiger partial charge in [0.15, 0.2) is 0 Å². The van der Waals surface area contributed by atoms with Crippen LogP contribution in [-0.2, 0) is 9.59 Å². The molecule has 3 aromatic carbocycles. The van der Waals surface area contributed by atoms with E-state index in [0.717, 1.165) is 30.0 Å². The third-order valence-corrected chi connectivity index (χ3v) is 11.9. The van der Waals surface area contributed by atoms with E-state index < -0.39 is 29.7 Å². The Morgan fingerprint density at radius 3 is 2.30 bits per heavy atom.